The van der Waals surface area contributed by atoms with Gasteiger partial charge < -0.3 is 10.6 Å². The third-order valence-corrected chi connectivity index (χ3v) is 3.96. The Morgan fingerprint density at radius 3 is 2.59 bits per heavy atom. The summed E-state index contributed by atoms with van der Waals surface area (Å²) in [6.07, 6.45) is 1.50. The molecule has 7 nitrogen and oxygen atoms in total. The summed E-state index contributed by atoms with van der Waals surface area (Å²) in [5.74, 6) is -0.497. The molecule has 0 radical (unpaired) electrons. The molecular weight excluding hydrogens is 302 g/mol. The van der Waals surface area contributed by atoms with Gasteiger partial charge in [0.05, 0.1) is 10.2 Å². The Kier molecular flexibility index (Phi) is 4.10. The van der Waals surface area contributed by atoms with Crippen LogP contribution in [0.4, 0.5) is 0 Å². The van der Waals surface area contributed by atoms with Gasteiger partial charge in [0.2, 0.25) is 0 Å². The third-order valence-electron chi connectivity index (χ3n) is 2.93. The smallest absolute Gasteiger partial charge is 0.280 e. The molecule has 3 N–H and O–H groups in total. The Balaban J connectivity index is 1.49. The highest BCUT2D eigenvalue weighted by atomic mass is 32.1. The number of benzene rings is 1. The molecule has 2 amide bonds. The lowest BCUT2D eigenvalue weighted by molar-refractivity contribution is 0.0925. The quantitative estimate of drug-likeness (QED) is 0.616. The monoisotopic (exact) mass is 315 g/mol. The Morgan fingerprint density at radius 1 is 1.09 bits per heavy atom. The van der Waals surface area contributed by atoms with Gasteiger partial charge in [-0.1, -0.05) is 12.1 Å². The topological polar surface area (TPSA) is 99.8 Å². The highest BCUT2D eigenvalue weighted by molar-refractivity contribution is 7.20. The van der Waals surface area contributed by atoms with Crippen molar-refractivity contribution in [2.45, 2.75) is 0 Å². The lowest BCUT2D eigenvalue weighted by atomic mass is 10.3. The van der Waals surface area contributed by atoms with E-state index in [2.05, 4.69) is 25.8 Å². The fourth-order valence-electron chi connectivity index (χ4n) is 1.87. The van der Waals surface area contributed by atoms with Gasteiger partial charge in [0.1, 0.15) is 5.69 Å². The zero-order valence-corrected chi connectivity index (χ0v) is 12.3. The maximum atomic E-state index is 12.0. The molecule has 2 aromatic heterocycles. The number of rotatable bonds is 5. The molecule has 2 heterocycles. The number of para-hydroxylation sites is 1. The number of hydrogen-bond acceptors (Lipinski definition) is 5. The summed E-state index contributed by atoms with van der Waals surface area (Å²) >= 11 is 1.34. The van der Waals surface area contributed by atoms with Gasteiger partial charge in [0.25, 0.3) is 11.8 Å². The minimum absolute atomic E-state index is 0.239. The molecule has 0 saturated heterocycles. The number of hydrogen-bond donors (Lipinski definition) is 3. The van der Waals surface area contributed by atoms with Crippen LogP contribution in [0.1, 0.15) is 20.3 Å². The first kappa shape index (κ1) is 14.2. The maximum absolute atomic E-state index is 12.0. The normalized spacial score (nSPS) is 10.5. The van der Waals surface area contributed by atoms with Crippen molar-refractivity contribution in [3.05, 3.63) is 47.2 Å². The molecule has 112 valence electrons. The van der Waals surface area contributed by atoms with Crippen LogP contribution in [-0.4, -0.2) is 40.1 Å². The Labute approximate surface area is 129 Å². The van der Waals surface area contributed by atoms with Crippen LogP contribution in [0.25, 0.3) is 10.2 Å². The zero-order valence-electron chi connectivity index (χ0n) is 11.5. The second-order valence-electron chi connectivity index (χ2n) is 4.47. The highest BCUT2D eigenvalue weighted by Crippen LogP contribution is 2.21. The predicted octanol–water partition coefficient (Wildman–Crippen LogP) is 1.18. The van der Waals surface area contributed by atoms with E-state index in [4.69, 9.17) is 0 Å². The number of carbonyl (C=O) groups is 2. The summed E-state index contributed by atoms with van der Waals surface area (Å²) in [6.45, 7) is 0.656. The van der Waals surface area contributed by atoms with Gasteiger partial charge in [0, 0.05) is 19.3 Å². The minimum atomic E-state index is -0.258. The number of nitrogens with one attached hydrogen (secondary N) is 3. The SMILES string of the molecule is O=C(NCCNC(=O)c1nc2ccccc2s1)c1ccn[nH]1. The third kappa shape index (κ3) is 3.12. The summed E-state index contributed by atoms with van der Waals surface area (Å²) < 4.78 is 0.972. The standard InChI is InChI=1S/C14H13N5O2S/c20-12(10-5-6-17-19-10)15-7-8-16-13(21)14-18-9-3-1-2-4-11(9)22-14/h1-6H,7-8H2,(H,15,20)(H,16,21)(H,17,19). The van der Waals surface area contributed by atoms with Gasteiger partial charge in [-0.05, 0) is 18.2 Å². The van der Waals surface area contributed by atoms with Crippen molar-refractivity contribution in [1.82, 2.24) is 25.8 Å². The van der Waals surface area contributed by atoms with Crippen molar-refractivity contribution in [3.63, 3.8) is 0 Å². The van der Waals surface area contributed by atoms with Crippen molar-refractivity contribution in [2.24, 2.45) is 0 Å². The van der Waals surface area contributed by atoms with Crippen molar-refractivity contribution < 1.29 is 9.59 Å². The molecule has 0 bridgehead atoms. The van der Waals surface area contributed by atoms with Crippen molar-refractivity contribution in [3.8, 4) is 0 Å². The van der Waals surface area contributed by atoms with Crippen molar-refractivity contribution in [1.29, 1.82) is 0 Å². The highest BCUT2D eigenvalue weighted by Gasteiger charge is 2.11. The van der Waals surface area contributed by atoms with Gasteiger partial charge in [-0.15, -0.1) is 11.3 Å². The number of thiazole rings is 1. The molecule has 0 unspecified atom stereocenters. The van der Waals surface area contributed by atoms with Crippen LogP contribution in [0.15, 0.2) is 36.5 Å². The van der Waals surface area contributed by atoms with E-state index in [0.717, 1.165) is 10.2 Å². The van der Waals surface area contributed by atoms with E-state index in [-0.39, 0.29) is 11.8 Å². The molecule has 0 atom stereocenters. The molecule has 1 aromatic carbocycles. The average molecular weight is 315 g/mol. The van der Waals surface area contributed by atoms with E-state index >= 15 is 0 Å². The van der Waals surface area contributed by atoms with Gasteiger partial charge in [-0.2, -0.15) is 5.10 Å². The van der Waals surface area contributed by atoms with Gasteiger partial charge >= 0.3 is 0 Å². The second-order valence-corrected chi connectivity index (χ2v) is 5.50. The number of fused-ring (bicyclic) bond motifs is 1. The van der Waals surface area contributed by atoms with E-state index in [1.165, 1.54) is 17.5 Å². The zero-order chi connectivity index (χ0) is 15.4. The molecule has 8 heteroatoms. The summed E-state index contributed by atoms with van der Waals surface area (Å²) in [5, 5.41) is 12.1. The molecule has 0 aliphatic heterocycles. The van der Waals surface area contributed by atoms with E-state index in [9.17, 15) is 9.59 Å². The summed E-state index contributed by atoms with van der Waals surface area (Å²) in [7, 11) is 0. The molecular formula is C14H13N5O2S. The molecule has 3 aromatic rings. The van der Waals surface area contributed by atoms with Crippen LogP contribution >= 0.6 is 11.3 Å². The van der Waals surface area contributed by atoms with Crippen LogP contribution in [0.5, 0.6) is 0 Å². The lowest BCUT2D eigenvalue weighted by Gasteiger charge is -2.04. The largest absolute Gasteiger partial charge is 0.349 e. The summed E-state index contributed by atoms with van der Waals surface area (Å²) in [6, 6.07) is 9.17. The van der Waals surface area contributed by atoms with Crippen LogP contribution in [-0.2, 0) is 0 Å². The second kappa shape index (κ2) is 6.35. The van der Waals surface area contributed by atoms with Crippen molar-refractivity contribution >= 4 is 33.4 Å². The molecule has 0 aliphatic carbocycles. The maximum Gasteiger partial charge on any atom is 0.280 e. The van der Waals surface area contributed by atoms with Crippen LogP contribution < -0.4 is 10.6 Å². The predicted molar refractivity (Wildman–Crippen MR) is 82.9 cm³/mol. The van der Waals surface area contributed by atoms with E-state index in [1.54, 1.807) is 6.07 Å². The number of carbonyl (C=O) groups excluding carboxylic acids is 2. The molecule has 0 fully saturated rings. The first-order valence-corrected chi connectivity index (χ1v) is 7.47. The Hall–Kier alpha value is -2.74. The fourth-order valence-corrected chi connectivity index (χ4v) is 2.76. The summed E-state index contributed by atoms with van der Waals surface area (Å²) in [5.41, 5.74) is 1.20. The molecule has 0 saturated carbocycles. The molecule has 3 rings (SSSR count). The van der Waals surface area contributed by atoms with Gasteiger partial charge in [-0.25, -0.2) is 4.98 Å². The van der Waals surface area contributed by atoms with Crippen LogP contribution in [0.3, 0.4) is 0 Å². The summed E-state index contributed by atoms with van der Waals surface area (Å²) in [4.78, 5) is 27.9. The van der Waals surface area contributed by atoms with Crippen molar-refractivity contribution in [2.75, 3.05) is 13.1 Å². The lowest BCUT2D eigenvalue weighted by Crippen LogP contribution is -2.34. The number of nitrogens with zero attached hydrogens (tertiary/aromatic N) is 2. The Bertz CT molecular complexity index is 764. The molecule has 0 spiro atoms. The van der Waals surface area contributed by atoms with Crippen LogP contribution in [0.2, 0.25) is 0 Å². The Morgan fingerprint density at radius 2 is 1.86 bits per heavy atom. The average Bonchev–Trinajstić information content (AvgIpc) is 3.19. The van der Waals surface area contributed by atoms with E-state index < -0.39 is 0 Å². The first-order valence-electron chi connectivity index (χ1n) is 6.65. The number of aromatic nitrogens is 3. The van der Waals surface area contributed by atoms with Gasteiger partial charge in [-0.3, -0.25) is 14.7 Å². The van der Waals surface area contributed by atoms with Gasteiger partial charge in [0.15, 0.2) is 5.01 Å². The first-order chi connectivity index (χ1) is 10.7. The number of aromatic amines is 1. The number of H-pyrrole nitrogens is 1. The molecule has 22 heavy (non-hydrogen) atoms. The van der Waals surface area contributed by atoms with E-state index in [0.29, 0.717) is 23.8 Å². The van der Waals surface area contributed by atoms with E-state index in [1.807, 2.05) is 24.3 Å². The fraction of sp³-hybridized carbons (Fsp3) is 0.143. The number of amides is 2. The minimum Gasteiger partial charge on any atom is -0.349 e. The molecule has 0 aliphatic rings. The van der Waals surface area contributed by atoms with Crippen LogP contribution in [0, 0.1) is 0 Å².